The number of ether oxygens (including phenoxy) is 1. The van der Waals surface area contributed by atoms with Crippen LogP contribution in [0.3, 0.4) is 0 Å². The molecular weight excluding hydrogens is 492 g/mol. The van der Waals surface area contributed by atoms with Crippen molar-refractivity contribution >= 4 is 17.4 Å². The molecule has 0 fully saturated rings. The number of Topliss-reactive ketones (excluding diaryl/α,β-unsaturated/α-hetero) is 1. The third-order valence-corrected chi connectivity index (χ3v) is 6.35. The molecular formula is C31H34N4O4. The minimum absolute atomic E-state index is 0.0243. The molecule has 8 nitrogen and oxygen atoms in total. The number of nitrogens with one attached hydrogen (secondary N) is 1. The van der Waals surface area contributed by atoms with Gasteiger partial charge in [0.15, 0.2) is 5.78 Å². The Labute approximate surface area is 228 Å². The van der Waals surface area contributed by atoms with Gasteiger partial charge in [-0.3, -0.25) is 14.6 Å². The van der Waals surface area contributed by atoms with Crippen LogP contribution >= 0.6 is 0 Å². The van der Waals surface area contributed by atoms with E-state index >= 15 is 0 Å². The lowest BCUT2D eigenvalue weighted by Crippen LogP contribution is -2.11. The number of carbonyl (C=O) groups is 2. The molecule has 4 aromatic rings. The fourth-order valence-electron chi connectivity index (χ4n) is 4.25. The lowest BCUT2D eigenvalue weighted by atomic mass is 9.99. The Balaban J connectivity index is 1.39. The molecule has 0 bridgehead atoms. The Hall–Kier alpha value is -4.33. The summed E-state index contributed by atoms with van der Waals surface area (Å²) in [4.78, 5) is 28.3. The molecule has 0 spiro atoms. The van der Waals surface area contributed by atoms with Gasteiger partial charge in [-0.25, -0.2) is 0 Å². The van der Waals surface area contributed by atoms with Crippen molar-refractivity contribution in [3.63, 3.8) is 0 Å². The largest absolute Gasteiger partial charge is 0.466 e. The topological polar surface area (TPSA) is 107 Å². The third-order valence-electron chi connectivity index (χ3n) is 6.35. The molecule has 2 aromatic carbocycles. The predicted molar refractivity (Wildman–Crippen MR) is 150 cm³/mol. The van der Waals surface area contributed by atoms with E-state index in [1.807, 2.05) is 54.6 Å². The highest BCUT2D eigenvalue weighted by atomic mass is 16.5. The minimum Gasteiger partial charge on any atom is -0.466 e. The number of carbonyl (C=O) groups excluding carboxylic acids is 2. The first-order valence-electron chi connectivity index (χ1n) is 13.5. The second-order valence-corrected chi connectivity index (χ2v) is 9.25. The average molecular weight is 527 g/mol. The summed E-state index contributed by atoms with van der Waals surface area (Å²) < 4.78 is 10.8. The minimum atomic E-state index is -0.262. The molecule has 0 aliphatic carbocycles. The van der Waals surface area contributed by atoms with Crippen molar-refractivity contribution in [2.24, 2.45) is 0 Å². The fourth-order valence-corrected chi connectivity index (χ4v) is 4.25. The highest BCUT2D eigenvalue weighted by Gasteiger charge is 2.15. The molecule has 202 valence electrons. The summed E-state index contributed by atoms with van der Waals surface area (Å²) in [5.74, 6) is 0.597. The van der Waals surface area contributed by atoms with Crippen molar-refractivity contribution in [3.05, 3.63) is 84.1 Å². The summed E-state index contributed by atoms with van der Waals surface area (Å²) in [6.07, 6.45) is 5.89. The van der Waals surface area contributed by atoms with Gasteiger partial charge in [-0.15, -0.1) is 10.2 Å². The van der Waals surface area contributed by atoms with Gasteiger partial charge in [0, 0.05) is 35.9 Å². The fraction of sp³-hybridized carbons (Fsp3) is 0.323. The first-order valence-corrected chi connectivity index (χ1v) is 13.5. The van der Waals surface area contributed by atoms with Crippen LogP contribution in [0.2, 0.25) is 0 Å². The van der Waals surface area contributed by atoms with Gasteiger partial charge < -0.3 is 14.5 Å². The maximum Gasteiger partial charge on any atom is 0.305 e. The number of benzene rings is 2. The van der Waals surface area contributed by atoms with Crippen LogP contribution in [0.5, 0.6) is 0 Å². The highest BCUT2D eigenvalue weighted by Crippen LogP contribution is 2.28. The molecule has 2 heterocycles. The normalized spacial score (nSPS) is 11.6. The lowest BCUT2D eigenvalue weighted by molar-refractivity contribution is -0.143. The number of esters is 1. The molecule has 0 radical (unpaired) electrons. The second kappa shape index (κ2) is 14.0. The number of unbranched alkanes of at least 4 members (excludes halogenated alkanes) is 1. The third kappa shape index (κ3) is 7.83. The van der Waals surface area contributed by atoms with Gasteiger partial charge in [0.2, 0.25) is 5.89 Å². The molecule has 0 aliphatic heterocycles. The maximum absolute atomic E-state index is 12.5. The van der Waals surface area contributed by atoms with Gasteiger partial charge in [-0.1, -0.05) is 38.0 Å². The summed E-state index contributed by atoms with van der Waals surface area (Å²) in [7, 11) is 0. The van der Waals surface area contributed by atoms with Crippen LogP contribution in [0.15, 0.2) is 77.3 Å². The number of hydrogen-bond donors (Lipinski definition) is 1. The zero-order valence-corrected chi connectivity index (χ0v) is 22.4. The molecule has 0 saturated heterocycles. The molecule has 8 heteroatoms. The molecule has 1 N–H and O–H groups in total. The van der Waals surface area contributed by atoms with Gasteiger partial charge in [0.1, 0.15) is 5.69 Å². The summed E-state index contributed by atoms with van der Waals surface area (Å²) in [6.45, 7) is 4.31. The Morgan fingerprint density at radius 1 is 0.897 bits per heavy atom. The van der Waals surface area contributed by atoms with Gasteiger partial charge in [-0.2, -0.15) is 0 Å². The van der Waals surface area contributed by atoms with Crippen molar-refractivity contribution in [2.75, 3.05) is 11.9 Å². The van der Waals surface area contributed by atoms with Crippen molar-refractivity contribution in [1.29, 1.82) is 0 Å². The van der Waals surface area contributed by atoms with E-state index in [4.69, 9.17) is 9.15 Å². The van der Waals surface area contributed by atoms with Gasteiger partial charge in [0.25, 0.3) is 5.89 Å². The summed E-state index contributed by atoms with van der Waals surface area (Å²) in [5.41, 5.74) is 4.22. The van der Waals surface area contributed by atoms with E-state index in [-0.39, 0.29) is 24.2 Å². The maximum atomic E-state index is 12.5. The number of pyridine rings is 1. The van der Waals surface area contributed by atoms with Crippen LogP contribution in [0.1, 0.15) is 74.3 Å². The molecule has 2 aromatic heterocycles. The zero-order chi connectivity index (χ0) is 27.5. The van der Waals surface area contributed by atoms with Crippen molar-refractivity contribution in [2.45, 2.75) is 58.4 Å². The van der Waals surface area contributed by atoms with E-state index in [1.54, 1.807) is 13.1 Å². The molecule has 0 amide bonds. The van der Waals surface area contributed by atoms with Gasteiger partial charge in [0.05, 0.1) is 12.6 Å². The van der Waals surface area contributed by atoms with Crippen LogP contribution in [-0.4, -0.2) is 33.5 Å². The number of nitrogens with zero attached hydrogens (tertiary/aromatic N) is 3. The Morgan fingerprint density at radius 2 is 1.67 bits per heavy atom. The van der Waals surface area contributed by atoms with Crippen molar-refractivity contribution in [3.8, 4) is 23.0 Å². The Morgan fingerprint density at radius 3 is 2.36 bits per heavy atom. The van der Waals surface area contributed by atoms with E-state index in [0.717, 1.165) is 36.1 Å². The number of aromatic nitrogens is 3. The lowest BCUT2D eigenvalue weighted by Gasteiger charge is -2.21. The molecule has 0 saturated carbocycles. The first-order chi connectivity index (χ1) is 19.1. The van der Waals surface area contributed by atoms with Crippen molar-refractivity contribution in [1.82, 2.24) is 15.2 Å². The molecule has 4 rings (SSSR count). The SMILES string of the molecule is CCCC[C@H](Nc1ccc(C(=O)CCCC(=O)OCC)cc1)c1ccc(-c2nnc(-c3ccccn3)o2)cc1. The van der Waals surface area contributed by atoms with Gasteiger partial charge >= 0.3 is 5.97 Å². The zero-order valence-electron chi connectivity index (χ0n) is 22.4. The van der Waals surface area contributed by atoms with E-state index in [2.05, 4.69) is 39.6 Å². The predicted octanol–water partition coefficient (Wildman–Crippen LogP) is 7.06. The molecule has 0 aliphatic rings. The van der Waals surface area contributed by atoms with E-state index < -0.39 is 0 Å². The number of anilines is 1. The summed E-state index contributed by atoms with van der Waals surface area (Å²) in [5, 5.41) is 11.9. The average Bonchev–Trinajstić information content (AvgIpc) is 3.47. The van der Waals surface area contributed by atoms with Crippen LogP contribution < -0.4 is 5.32 Å². The summed E-state index contributed by atoms with van der Waals surface area (Å²) >= 11 is 0. The quantitative estimate of drug-likeness (QED) is 0.137. The molecule has 39 heavy (non-hydrogen) atoms. The highest BCUT2D eigenvalue weighted by molar-refractivity contribution is 5.96. The van der Waals surface area contributed by atoms with Crippen molar-refractivity contribution < 1.29 is 18.7 Å². The monoisotopic (exact) mass is 526 g/mol. The Bertz CT molecular complexity index is 1340. The number of hydrogen-bond acceptors (Lipinski definition) is 8. The smallest absolute Gasteiger partial charge is 0.305 e. The second-order valence-electron chi connectivity index (χ2n) is 9.25. The molecule has 1 atom stereocenters. The van der Waals surface area contributed by atoms with E-state index in [9.17, 15) is 9.59 Å². The van der Waals surface area contributed by atoms with Gasteiger partial charge in [-0.05, 0) is 73.9 Å². The van der Waals surface area contributed by atoms with Crippen LogP contribution in [-0.2, 0) is 9.53 Å². The van der Waals surface area contributed by atoms with E-state index in [1.165, 1.54) is 0 Å². The summed E-state index contributed by atoms with van der Waals surface area (Å²) in [6, 6.07) is 21.3. The molecule has 0 unspecified atom stereocenters. The number of ketones is 1. The van der Waals surface area contributed by atoms with Crippen LogP contribution in [0.4, 0.5) is 5.69 Å². The first kappa shape index (κ1) is 27.7. The van der Waals surface area contributed by atoms with Crippen LogP contribution in [0, 0.1) is 0 Å². The Kier molecular flexibility index (Phi) is 9.94. The standard InChI is InChI=1S/C31H34N4O4/c1-3-5-9-26(33-25-19-17-23(18-20-25)28(36)11-8-12-29(37)38-4-2)22-13-15-24(16-14-22)30-34-35-31(39-30)27-10-6-7-21-32-27/h6-7,10,13-21,26,33H,3-5,8-9,11-12H2,1-2H3/t26-/m0/s1. The van der Waals surface area contributed by atoms with E-state index in [0.29, 0.717) is 42.5 Å². The number of rotatable bonds is 14. The van der Waals surface area contributed by atoms with Crippen LogP contribution in [0.25, 0.3) is 23.0 Å².